The minimum atomic E-state index is -3.74. The molecule has 0 unspecified atom stereocenters. The highest BCUT2D eigenvalue weighted by Gasteiger charge is 2.40. The average molecular weight is 408 g/mol. The summed E-state index contributed by atoms with van der Waals surface area (Å²) in [4.78, 5) is 14.4. The number of benzene rings is 1. The third-order valence-electron chi connectivity index (χ3n) is 5.92. The Balaban J connectivity index is 1.42. The highest BCUT2D eigenvalue weighted by atomic mass is 32.2. The van der Waals surface area contributed by atoms with E-state index < -0.39 is 26.9 Å². The van der Waals surface area contributed by atoms with E-state index >= 15 is 0 Å². The topological polar surface area (TPSA) is 98.7 Å². The first-order valence-corrected chi connectivity index (χ1v) is 11.6. The molecule has 1 heterocycles. The van der Waals surface area contributed by atoms with Crippen molar-refractivity contribution in [3.63, 3.8) is 0 Å². The number of sulfonamides is 1. The summed E-state index contributed by atoms with van der Waals surface area (Å²) >= 11 is 0. The molecule has 3 aliphatic rings. The standard InChI is InChI=1S/C20H29N3O4S/c1-20(2,25)12-23-10-15(11-23)28(26,27)22-19(24)21-18-16-7-3-5-13(16)9-14-6-4-8-17(14)18/h9,15,25H,3-8,10-12H2,1-2H3,(H2,21,22,24). The zero-order valence-electron chi connectivity index (χ0n) is 16.5. The summed E-state index contributed by atoms with van der Waals surface area (Å²) in [6.45, 7) is 4.44. The van der Waals surface area contributed by atoms with Crippen molar-refractivity contribution < 1.29 is 18.3 Å². The van der Waals surface area contributed by atoms with Gasteiger partial charge in [0.2, 0.25) is 10.0 Å². The molecule has 28 heavy (non-hydrogen) atoms. The molecular formula is C20H29N3O4S. The van der Waals surface area contributed by atoms with Gasteiger partial charge in [0, 0.05) is 25.3 Å². The molecule has 0 aromatic heterocycles. The van der Waals surface area contributed by atoms with Crippen LogP contribution in [0.15, 0.2) is 6.07 Å². The van der Waals surface area contributed by atoms with Gasteiger partial charge in [-0.25, -0.2) is 17.9 Å². The lowest BCUT2D eigenvalue weighted by atomic mass is 9.99. The first-order chi connectivity index (χ1) is 13.1. The van der Waals surface area contributed by atoms with Crippen LogP contribution in [-0.2, 0) is 35.7 Å². The zero-order valence-corrected chi connectivity index (χ0v) is 17.4. The van der Waals surface area contributed by atoms with Gasteiger partial charge in [0.25, 0.3) is 0 Å². The van der Waals surface area contributed by atoms with Crippen LogP contribution in [-0.4, -0.2) is 54.9 Å². The molecule has 3 N–H and O–H groups in total. The fourth-order valence-corrected chi connectivity index (χ4v) is 6.00. The van der Waals surface area contributed by atoms with E-state index in [9.17, 15) is 18.3 Å². The fourth-order valence-electron chi connectivity index (χ4n) is 4.71. The van der Waals surface area contributed by atoms with E-state index in [1.165, 1.54) is 22.3 Å². The Labute approximate surface area is 166 Å². The van der Waals surface area contributed by atoms with Gasteiger partial charge in [-0.05, 0) is 74.6 Å². The smallest absolute Gasteiger partial charge is 0.332 e. The van der Waals surface area contributed by atoms with Crippen molar-refractivity contribution in [1.82, 2.24) is 9.62 Å². The van der Waals surface area contributed by atoms with Crippen LogP contribution >= 0.6 is 0 Å². The number of urea groups is 1. The lowest BCUT2D eigenvalue weighted by molar-refractivity contribution is 0.0167. The van der Waals surface area contributed by atoms with Crippen molar-refractivity contribution >= 4 is 21.7 Å². The molecular weight excluding hydrogens is 378 g/mol. The number of rotatable bonds is 5. The minimum absolute atomic E-state index is 0.322. The number of aryl methyl sites for hydroxylation is 2. The van der Waals surface area contributed by atoms with Crippen molar-refractivity contribution in [2.24, 2.45) is 0 Å². The number of likely N-dealkylation sites (tertiary alicyclic amines) is 1. The number of amides is 2. The summed E-state index contributed by atoms with van der Waals surface area (Å²) in [5.74, 6) is 0. The van der Waals surface area contributed by atoms with Gasteiger partial charge in [0.15, 0.2) is 0 Å². The van der Waals surface area contributed by atoms with Gasteiger partial charge in [-0.2, -0.15) is 0 Å². The lowest BCUT2D eigenvalue weighted by Crippen LogP contribution is -2.60. The number of anilines is 1. The minimum Gasteiger partial charge on any atom is -0.389 e. The number of hydrogen-bond donors (Lipinski definition) is 3. The Kier molecular flexibility index (Phi) is 4.92. The molecule has 1 fully saturated rings. The fraction of sp³-hybridized carbons (Fsp3) is 0.650. The molecule has 8 heteroatoms. The van der Waals surface area contributed by atoms with Crippen LogP contribution in [0.4, 0.5) is 10.5 Å². The van der Waals surface area contributed by atoms with Crippen molar-refractivity contribution in [1.29, 1.82) is 0 Å². The second-order valence-corrected chi connectivity index (χ2v) is 10.9. The molecule has 0 spiro atoms. The normalized spacial score (nSPS) is 19.8. The lowest BCUT2D eigenvalue weighted by Gasteiger charge is -2.41. The van der Waals surface area contributed by atoms with Crippen LogP contribution in [0.2, 0.25) is 0 Å². The quantitative estimate of drug-likeness (QED) is 0.688. The van der Waals surface area contributed by atoms with Gasteiger partial charge < -0.3 is 10.4 Å². The average Bonchev–Trinajstić information content (AvgIpc) is 3.17. The highest BCUT2D eigenvalue weighted by molar-refractivity contribution is 7.90. The Hall–Kier alpha value is -1.64. The molecule has 7 nitrogen and oxygen atoms in total. The molecule has 154 valence electrons. The van der Waals surface area contributed by atoms with E-state index in [0.29, 0.717) is 19.6 Å². The Bertz CT molecular complexity index is 867. The van der Waals surface area contributed by atoms with Crippen LogP contribution in [0.5, 0.6) is 0 Å². The van der Waals surface area contributed by atoms with Crippen molar-refractivity contribution in [3.8, 4) is 0 Å². The summed E-state index contributed by atoms with van der Waals surface area (Å²) in [5.41, 5.74) is 4.90. The summed E-state index contributed by atoms with van der Waals surface area (Å²) in [7, 11) is -3.74. The molecule has 1 aromatic rings. The SMILES string of the molecule is CC(C)(O)CN1CC(S(=O)(=O)NC(=O)Nc2c3c(cc4c2CCC4)CCC3)C1. The van der Waals surface area contributed by atoms with Crippen LogP contribution in [0.1, 0.15) is 48.9 Å². The van der Waals surface area contributed by atoms with Crippen molar-refractivity contribution in [3.05, 3.63) is 28.3 Å². The number of aliphatic hydroxyl groups is 1. The van der Waals surface area contributed by atoms with E-state index in [4.69, 9.17) is 0 Å². The maximum absolute atomic E-state index is 12.5. The van der Waals surface area contributed by atoms with Crippen molar-refractivity contribution in [2.45, 2.75) is 63.2 Å². The van der Waals surface area contributed by atoms with Gasteiger partial charge in [0.1, 0.15) is 5.25 Å². The molecule has 4 rings (SSSR count). The van der Waals surface area contributed by atoms with E-state index in [0.717, 1.165) is 44.2 Å². The Morgan fingerprint density at radius 3 is 2.25 bits per heavy atom. The molecule has 2 aliphatic carbocycles. The first-order valence-electron chi connectivity index (χ1n) is 10.1. The second kappa shape index (κ2) is 7.00. The maximum atomic E-state index is 12.5. The molecule has 0 saturated carbocycles. The molecule has 0 bridgehead atoms. The first kappa shape index (κ1) is 19.7. The summed E-state index contributed by atoms with van der Waals surface area (Å²) in [6, 6.07) is 1.60. The van der Waals surface area contributed by atoms with Gasteiger partial charge in [-0.15, -0.1) is 0 Å². The highest BCUT2D eigenvalue weighted by Crippen LogP contribution is 2.38. The summed E-state index contributed by atoms with van der Waals surface area (Å²) in [5, 5.41) is 12.1. The van der Waals surface area contributed by atoms with Gasteiger partial charge in [-0.1, -0.05) is 6.07 Å². The Morgan fingerprint density at radius 2 is 1.71 bits per heavy atom. The van der Waals surface area contributed by atoms with Crippen LogP contribution in [0, 0.1) is 0 Å². The summed E-state index contributed by atoms with van der Waals surface area (Å²) in [6.07, 6.45) is 6.06. The summed E-state index contributed by atoms with van der Waals surface area (Å²) < 4.78 is 27.3. The maximum Gasteiger partial charge on any atom is 0.332 e. The molecule has 1 aromatic carbocycles. The molecule has 1 saturated heterocycles. The molecule has 0 radical (unpaired) electrons. The number of nitrogens with zero attached hydrogens (tertiary/aromatic N) is 1. The predicted molar refractivity (Wildman–Crippen MR) is 108 cm³/mol. The Morgan fingerprint density at radius 1 is 1.14 bits per heavy atom. The third-order valence-corrected chi connectivity index (χ3v) is 7.57. The predicted octanol–water partition coefficient (Wildman–Crippen LogP) is 1.57. The zero-order chi connectivity index (χ0) is 20.1. The van der Waals surface area contributed by atoms with E-state index in [1.54, 1.807) is 13.8 Å². The molecule has 1 aliphatic heterocycles. The van der Waals surface area contributed by atoms with Gasteiger partial charge >= 0.3 is 6.03 Å². The molecule has 2 amide bonds. The number of carbonyl (C=O) groups is 1. The number of hydrogen-bond acceptors (Lipinski definition) is 5. The third kappa shape index (κ3) is 3.90. The number of fused-ring (bicyclic) bond motifs is 2. The monoisotopic (exact) mass is 407 g/mol. The van der Waals surface area contributed by atoms with Gasteiger partial charge in [0.05, 0.1) is 5.60 Å². The van der Waals surface area contributed by atoms with Crippen molar-refractivity contribution in [2.75, 3.05) is 25.0 Å². The second-order valence-electron chi connectivity index (χ2n) is 8.96. The van der Waals surface area contributed by atoms with Crippen LogP contribution in [0.25, 0.3) is 0 Å². The largest absolute Gasteiger partial charge is 0.389 e. The number of nitrogens with one attached hydrogen (secondary N) is 2. The number of β-amino-alcohol motifs (C(OH)–C–C–N with tert-alkyl or cyclic N) is 1. The number of carbonyl (C=O) groups excluding carboxylic acids is 1. The molecule has 0 atom stereocenters. The van der Waals surface area contributed by atoms with E-state index in [2.05, 4.69) is 16.1 Å². The van der Waals surface area contributed by atoms with Gasteiger partial charge in [-0.3, -0.25) is 4.90 Å². The van der Waals surface area contributed by atoms with E-state index in [1.807, 2.05) is 4.90 Å². The van der Waals surface area contributed by atoms with Crippen LogP contribution in [0.3, 0.4) is 0 Å². The van der Waals surface area contributed by atoms with E-state index in [-0.39, 0.29) is 0 Å². The van der Waals surface area contributed by atoms with Crippen LogP contribution < -0.4 is 10.0 Å².